The van der Waals surface area contributed by atoms with Gasteiger partial charge in [0, 0.05) is 0 Å². The average molecular weight is 308 g/mol. The number of unbranched alkanes of at least 4 members (excludes halogenated alkanes) is 14. The van der Waals surface area contributed by atoms with E-state index in [4.69, 9.17) is 5.73 Å². The molecule has 0 aliphatic heterocycles. The number of nitrogens with two attached hydrogens (primary N) is 1. The molecule has 0 heterocycles. The fourth-order valence-corrected chi connectivity index (χ4v) is 2.78. The maximum atomic E-state index is 5.31. The topological polar surface area (TPSA) is 26.0 Å². The first kappa shape index (κ1) is 21.3. The first-order valence-corrected chi connectivity index (χ1v) is 9.93. The molecule has 130 valence electrons. The molecular weight excluding hydrogens is 266 g/mol. The molecule has 1 nitrogen and oxygen atoms in total. The van der Waals surface area contributed by atoms with Crippen LogP contribution >= 0.6 is 0 Å². The van der Waals surface area contributed by atoms with Crippen molar-refractivity contribution in [1.82, 2.24) is 0 Å². The normalized spacial score (nSPS) is 11.9. The van der Waals surface area contributed by atoms with Crippen LogP contribution in [0.2, 0.25) is 0 Å². The van der Waals surface area contributed by atoms with Gasteiger partial charge in [0.15, 0.2) is 0 Å². The van der Waals surface area contributed by atoms with Crippen molar-refractivity contribution >= 4 is 0 Å². The first-order valence-electron chi connectivity index (χ1n) is 9.93. The molecular formula is C21H41N. The van der Waals surface area contributed by atoms with Crippen LogP contribution in [-0.4, -0.2) is 0 Å². The van der Waals surface area contributed by atoms with Crippen LogP contribution in [0.15, 0.2) is 24.4 Å². The second-order valence-electron chi connectivity index (χ2n) is 6.51. The second-order valence-corrected chi connectivity index (χ2v) is 6.51. The minimum Gasteiger partial charge on any atom is -0.405 e. The molecule has 0 spiro atoms. The van der Waals surface area contributed by atoms with E-state index in [1.54, 1.807) is 6.20 Å². The van der Waals surface area contributed by atoms with Crippen molar-refractivity contribution in [1.29, 1.82) is 0 Å². The summed E-state index contributed by atoms with van der Waals surface area (Å²) in [6.07, 6.45) is 30.4. The van der Waals surface area contributed by atoms with E-state index < -0.39 is 0 Å². The Labute approximate surface area is 140 Å². The standard InChI is InChI=1S/C21H41N/c1-2-3-4-5-6-7-8-9-10-11-12-13-14-15-16-17-18-19-20-21-22/h9-10,20-21H,2-8,11-19,22H2,1H3/b10-9-,21-20?. The lowest BCUT2D eigenvalue weighted by molar-refractivity contribution is 0.583. The van der Waals surface area contributed by atoms with Gasteiger partial charge in [-0.05, 0) is 44.7 Å². The molecule has 22 heavy (non-hydrogen) atoms. The van der Waals surface area contributed by atoms with E-state index in [0.29, 0.717) is 0 Å². The number of rotatable bonds is 17. The van der Waals surface area contributed by atoms with E-state index >= 15 is 0 Å². The van der Waals surface area contributed by atoms with E-state index in [9.17, 15) is 0 Å². The van der Waals surface area contributed by atoms with Crippen molar-refractivity contribution in [3.8, 4) is 0 Å². The molecule has 0 saturated carbocycles. The molecule has 0 aliphatic carbocycles. The van der Waals surface area contributed by atoms with Crippen LogP contribution < -0.4 is 5.73 Å². The lowest BCUT2D eigenvalue weighted by Gasteiger charge is -2.00. The summed E-state index contributed by atoms with van der Waals surface area (Å²) in [5.41, 5.74) is 5.31. The molecule has 0 atom stereocenters. The van der Waals surface area contributed by atoms with Crippen LogP contribution in [0.4, 0.5) is 0 Å². The van der Waals surface area contributed by atoms with Gasteiger partial charge in [0.25, 0.3) is 0 Å². The van der Waals surface area contributed by atoms with Gasteiger partial charge in [-0.3, -0.25) is 0 Å². The molecule has 0 amide bonds. The van der Waals surface area contributed by atoms with E-state index in [-0.39, 0.29) is 0 Å². The third-order valence-electron chi connectivity index (χ3n) is 4.27. The van der Waals surface area contributed by atoms with Crippen LogP contribution in [0.5, 0.6) is 0 Å². The maximum Gasteiger partial charge on any atom is -0.0103 e. The zero-order valence-corrected chi connectivity index (χ0v) is 15.2. The molecule has 0 aromatic carbocycles. The molecule has 2 N–H and O–H groups in total. The fraction of sp³-hybridized carbons (Fsp3) is 0.810. The largest absolute Gasteiger partial charge is 0.405 e. The Morgan fingerprint density at radius 1 is 0.500 bits per heavy atom. The predicted molar refractivity (Wildman–Crippen MR) is 102 cm³/mol. The zero-order chi connectivity index (χ0) is 16.1. The average Bonchev–Trinajstić information content (AvgIpc) is 2.54. The third kappa shape index (κ3) is 19.3. The number of allylic oxidation sites excluding steroid dienone is 3. The smallest absolute Gasteiger partial charge is 0.0103 e. The summed E-state index contributed by atoms with van der Waals surface area (Å²) in [5.74, 6) is 0. The maximum absolute atomic E-state index is 5.31. The van der Waals surface area contributed by atoms with Gasteiger partial charge < -0.3 is 5.73 Å². The monoisotopic (exact) mass is 307 g/mol. The Morgan fingerprint density at radius 3 is 1.27 bits per heavy atom. The summed E-state index contributed by atoms with van der Waals surface area (Å²) >= 11 is 0. The minimum absolute atomic E-state index is 1.15. The highest BCUT2D eigenvalue weighted by molar-refractivity contribution is 4.81. The lowest BCUT2D eigenvalue weighted by Crippen LogP contribution is -1.81. The third-order valence-corrected chi connectivity index (χ3v) is 4.27. The fourth-order valence-electron chi connectivity index (χ4n) is 2.78. The van der Waals surface area contributed by atoms with Crippen molar-refractivity contribution in [2.75, 3.05) is 0 Å². The van der Waals surface area contributed by atoms with Crippen molar-refractivity contribution < 1.29 is 0 Å². The highest BCUT2D eigenvalue weighted by atomic mass is 14.5. The van der Waals surface area contributed by atoms with Crippen LogP contribution in [0.3, 0.4) is 0 Å². The SMILES string of the molecule is CCCCCCCC/C=C\CCCCCCCCCC=CN. The number of hydrogen-bond acceptors (Lipinski definition) is 1. The van der Waals surface area contributed by atoms with Gasteiger partial charge in [-0.2, -0.15) is 0 Å². The highest BCUT2D eigenvalue weighted by Gasteiger charge is 1.91. The van der Waals surface area contributed by atoms with Gasteiger partial charge in [0.05, 0.1) is 0 Å². The van der Waals surface area contributed by atoms with E-state index in [1.807, 2.05) is 0 Å². The Balaban J connectivity index is 3.05. The summed E-state index contributed by atoms with van der Waals surface area (Å²) < 4.78 is 0. The summed E-state index contributed by atoms with van der Waals surface area (Å²) in [6.45, 7) is 2.28. The predicted octanol–water partition coefficient (Wildman–Crippen LogP) is 7.28. The van der Waals surface area contributed by atoms with E-state index in [0.717, 1.165) is 6.42 Å². The summed E-state index contributed by atoms with van der Waals surface area (Å²) in [5, 5.41) is 0. The Bertz CT molecular complexity index is 242. The van der Waals surface area contributed by atoms with Crippen LogP contribution in [0.25, 0.3) is 0 Å². The second kappa shape index (κ2) is 20.3. The molecule has 0 aliphatic rings. The minimum atomic E-state index is 1.15. The molecule has 1 heteroatoms. The van der Waals surface area contributed by atoms with Gasteiger partial charge in [0.2, 0.25) is 0 Å². The molecule has 0 radical (unpaired) electrons. The van der Waals surface area contributed by atoms with Gasteiger partial charge >= 0.3 is 0 Å². The van der Waals surface area contributed by atoms with Crippen LogP contribution in [0.1, 0.15) is 110 Å². The van der Waals surface area contributed by atoms with Crippen molar-refractivity contribution in [3.05, 3.63) is 24.4 Å². The molecule has 0 rings (SSSR count). The first-order chi connectivity index (χ1) is 10.9. The molecule has 0 aromatic rings. The Hall–Kier alpha value is -0.720. The lowest BCUT2D eigenvalue weighted by atomic mass is 10.1. The van der Waals surface area contributed by atoms with E-state index in [2.05, 4.69) is 25.2 Å². The van der Waals surface area contributed by atoms with E-state index in [1.165, 1.54) is 96.3 Å². The Kier molecular flexibility index (Phi) is 19.6. The van der Waals surface area contributed by atoms with Gasteiger partial charge in [-0.25, -0.2) is 0 Å². The van der Waals surface area contributed by atoms with Crippen LogP contribution in [0, 0.1) is 0 Å². The molecule has 0 unspecified atom stereocenters. The highest BCUT2D eigenvalue weighted by Crippen LogP contribution is 2.11. The quantitative estimate of drug-likeness (QED) is 0.222. The molecule has 0 aromatic heterocycles. The molecule has 0 fully saturated rings. The van der Waals surface area contributed by atoms with Crippen molar-refractivity contribution in [2.45, 2.75) is 110 Å². The summed E-state index contributed by atoms with van der Waals surface area (Å²) in [7, 11) is 0. The summed E-state index contributed by atoms with van der Waals surface area (Å²) in [6, 6.07) is 0. The van der Waals surface area contributed by atoms with Crippen LogP contribution in [-0.2, 0) is 0 Å². The molecule has 0 saturated heterocycles. The summed E-state index contributed by atoms with van der Waals surface area (Å²) in [4.78, 5) is 0. The Morgan fingerprint density at radius 2 is 0.864 bits per heavy atom. The van der Waals surface area contributed by atoms with Crippen molar-refractivity contribution in [3.63, 3.8) is 0 Å². The molecule has 0 bridgehead atoms. The number of hydrogen-bond donors (Lipinski definition) is 1. The van der Waals surface area contributed by atoms with Gasteiger partial charge in [-0.15, -0.1) is 0 Å². The van der Waals surface area contributed by atoms with Gasteiger partial charge in [-0.1, -0.05) is 89.4 Å². The van der Waals surface area contributed by atoms with Crippen molar-refractivity contribution in [2.24, 2.45) is 5.73 Å². The van der Waals surface area contributed by atoms with Gasteiger partial charge in [0.1, 0.15) is 0 Å². The zero-order valence-electron chi connectivity index (χ0n) is 15.2.